The Morgan fingerprint density at radius 2 is 1.71 bits per heavy atom. The molecule has 0 bridgehead atoms. The van der Waals surface area contributed by atoms with Crippen LogP contribution in [0.3, 0.4) is 0 Å². The molecule has 0 spiro atoms. The quantitative estimate of drug-likeness (QED) is 0.751. The van der Waals surface area contributed by atoms with Crippen LogP contribution in [0, 0.1) is 5.82 Å². The Morgan fingerprint density at radius 3 is 2.38 bits per heavy atom. The largest absolute Gasteiger partial charge is 0.383 e. The molecule has 2 N–H and O–H groups in total. The summed E-state index contributed by atoms with van der Waals surface area (Å²) in [5.41, 5.74) is 7.45. The van der Waals surface area contributed by atoms with E-state index >= 15 is 0 Å². The van der Waals surface area contributed by atoms with Crippen LogP contribution in [-0.2, 0) is 0 Å². The molecule has 1 heterocycles. The first-order valence-electron chi connectivity index (χ1n) is 6.36. The summed E-state index contributed by atoms with van der Waals surface area (Å²) in [7, 11) is 0. The van der Waals surface area contributed by atoms with Crippen LogP contribution in [0.15, 0.2) is 60.8 Å². The minimum absolute atomic E-state index is 0.260. The maximum Gasteiger partial charge on any atom is 0.198 e. The maximum atomic E-state index is 12.9. The van der Waals surface area contributed by atoms with Crippen molar-refractivity contribution in [2.45, 2.75) is 0 Å². The van der Waals surface area contributed by atoms with Crippen molar-refractivity contribution in [3.63, 3.8) is 0 Å². The Labute approximate surface area is 120 Å². The molecule has 0 aliphatic heterocycles. The van der Waals surface area contributed by atoms with Crippen LogP contribution in [0.1, 0.15) is 15.9 Å². The number of carbonyl (C=O) groups is 1. The van der Waals surface area contributed by atoms with Gasteiger partial charge in [0, 0.05) is 5.56 Å². The zero-order valence-corrected chi connectivity index (χ0v) is 11.0. The van der Waals surface area contributed by atoms with E-state index in [2.05, 4.69) is 5.10 Å². The van der Waals surface area contributed by atoms with E-state index in [1.54, 1.807) is 0 Å². The third kappa shape index (κ3) is 2.41. The van der Waals surface area contributed by atoms with Gasteiger partial charge in [0.2, 0.25) is 0 Å². The van der Waals surface area contributed by atoms with Crippen molar-refractivity contribution in [2.24, 2.45) is 0 Å². The van der Waals surface area contributed by atoms with E-state index in [-0.39, 0.29) is 17.4 Å². The fraction of sp³-hybridized carbons (Fsp3) is 0. The van der Waals surface area contributed by atoms with Crippen molar-refractivity contribution in [3.05, 3.63) is 77.7 Å². The van der Waals surface area contributed by atoms with Crippen LogP contribution in [-0.4, -0.2) is 15.6 Å². The number of nitrogens with zero attached hydrogens (tertiary/aromatic N) is 2. The molecule has 0 radical (unpaired) electrons. The average Bonchev–Trinajstić information content (AvgIpc) is 2.90. The minimum atomic E-state index is -0.389. The molecular weight excluding hydrogens is 269 g/mol. The van der Waals surface area contributed by atoms with Crippen molar-refractivity contribution < 1.29 is 9.18 Å². The predicted octanol–water partition coefficient (Wildman–Crippen LogP) is 2.82. The average molecular weight is 281 g/mol. The molecule has 0 amide bonds. The van der Waals surface area contributed by atoms with Gasteiger partial charge in [0.15, 0.2) is 5.78 Å². The monoisotopic (exact) mass is 281 g/mol. The van der Waals surface area contributed by atoms with Gasteiger partial charge in [-0.05, 0) is 36.4 Å². The molecule has 3 rings (SSSR count). The van der Waals surface area contributed by atoms with E-state index < -0.39 is 0 Å². The lowest BCUT2D eigenvalue weighted by atomic mass is 10.1. The molecule has 3 aromatic rings. The number of rotatable bonds is 3. The van der Waals surface area contributed by atoms with Gasteiger partial charge in [-0.3, -0.25) is 4.79 Å². The third-order valence-electron chi connectivity index (χ3n) is 3.16. The number of nitrogen functional groups attached to an aromatic ring is 1. The molecule has 1 aromatic heterocycles. The Bertz CT molecular complexity index is 779. The third-order valence-corrected chi connectivity index (χ3v) is 3.16. The number of ketones is 1. The SMILES string of the molecule is Nc1c(C(=O)c2ccc(F)cc2)cnn1-c1ccccc1. The van der Waals surface area contributed by atoms with Crippen LogP contribution in [0.25, 0.3) is 5.69 Å². The Morgan fingerprint density at radius 1 is 1.05 bits per heavy atom. The van der Waals surface area contributed by atoms with Gasteiger partial charge in [0.25, 0.3) is 0 Å². The lowest BCUT2D eigenvalue weighted by Crippen LogP contribution is -2.07. The second-order valence-corrected chi connectivity index (χ2v) is 4.53. The highest BCUT2D eigenvalue weighted by atomic mass is 19.1. The normalized spacial score (nSPS) is 10.5. The van der Waals surface area contributed by atoms with Crippen molar-refractivity contribution in [1.29, 1.82) is 0 Å². The van der Waals surface area contributed by atoms with E-state index in [1.165, 1.54) is 35.1 Å². The van der Waals surface area contributed by atoms with E-state index in [0.29, 0.717) is 11.1 Å². The molecule has 0 unspecified atom stereocenters. The predicted molar refractivity (Wildman–Crippen MR) is 77.8 cm³/mol. The summed E-state index contributed by atoms with van der Waals surface area (Å²) in [6.45, 7) is 0. The van der Waals surface area contributed by atoms with E-state index in [1.807, 2.05) is 30.3 Å². The van der Waals surface area contributed by atoms with Gasteiger partial charge in [-0.1, -0.05) is 18.2 Å². The Balaban J connectivity index is 1.99. The van der Waals surface area contributed by atoms with Crippen LogP contribution in [0.2, 0.25) is 0 Å². The van der Waals surface area contributed by atoms with Crippen molar-refractivity contribution >= 4 is 11.6 Å². The zero-order valence-electron chi connectivity index (χ0n) is 11.0. The van der Waals surface area contributed by atoms with Crippen LogP contribution in [0.4, 0.5) is 10.2 Å². The lowest BCUT2D eigenvalue weighted by Gasteiger charge is -2.04. The lowest BCUT2D eigenvalue weighted by molar-refractivity contribution is 0.103. The van der Waals surface area contributed by atoms with Crippen LogP contribution < -0.4 is 5.73 Å². The minimum Gasteiger partial charge on any atom is -0.383 e. The van der Waals surface area contributed by atoms with Gasteiger partial charge < -0.3 is 5.73 Å². The molecule has 0 atom stereocenters. The number of halogens is 1. The second kappa shape index (κ2) is 5.20. The number of nitrogens with two attached hydrogens (primary N) is 1. The number of anilines is 1. The molecule has 0 aliphatic carbocycles. The molecule has 21 heavy (non-hydrogen) atoms. The molecule has 5 heteroatoms. The molecule has 4 nitrogen and oxygen atoms in total. The van der Waals surface area contributed by atoms with E-state index in [0.717, 1.165) is 5.69 Å². The van der Waals surface area contributed by atoms with Crippen molar-refractivity contribution in [2.75, 3.05) is 5.73 Å². The number of hydrogen-bond donors (Lipinski definition) is 1. The highest BCUT2D eigenvalue weighted by molar-refractivity contribution is 6.11. The molecule has 2 aromatic carbocycles. The van der Waals surface area contributed by atoms with Gasteiger partial charge in [-0.25, -0.2) is 9.07 Å². The number of para-hydroxylation sites is 1. The first-order chi connectivity index (χ1) is 10.2. The summed E-state index contributed by atoms with van der Waals surface area (Å²) in [6, 6.07) is 14.6. The number of hydrogen-bond acceptors (Lipinski definition) is 3. The number of aromatic nitrogens is 2. The zero-order chi connectivity index (χ0) is 14.8. The van der Waals surface area contributed by atoms with Crippen LogP contribution >= 0.6 is 0 Å². The topological polar surface area (TPSA) is 60.9 Å². The first-order valence-corrected chi connectivity index (χ1v) is 6.36. The first kappa shape index (κ1) is 13.1. The molecule has 0 saturated heterocycles. The summed E-state index contributed by atoms with van der Waals surface area (Å²) < 4.78 is 14.4. The Kier molecular flexibility index (Phi) is 3.23. The summed E-state index contributed by atoms with van der Waals surface area (Å²) in [5, 5.41) is 4.15. The standard InChI is InChI=1S/C16H12FN3O/c17-12-8-6-11(7-9-12)15(21)14-10-19-20(16(14)18)13-4-2-1-3-5-13/h1-10H,18H2. The maximum absolute atomic E-state index is 12.9. The number of carbonyl (C=O) groups excluding carboxylic acids is 1. The fourth-order valence-corrected chi connectivity index (χ4v) is 2.06. The summed E-state index contributed by atoms with van der Waals surface area (Å²) >= 11 is 0. The van der Waals surface area contributed by atoms with Gasteiger partial charge in [-0.15, -0.1) is 0 Å². The van der Waals surface area contributed by atoms with Crippen molar-refractivity contribution in [3.8, 4) is 5.69 Å². The Hall–Kier alpha value is -2.95. The van der Waals surface area contributed by atoms with E-state index in [9.17, 15) is 9.18 Å². The van der Waals surface area contributed by atoms with Gasteiger partial charge in [0.1, 0.15) is 11.6 Å². The molecular formula is C16H12FN3O. The summed E-state index contributed by atoms with van der Waals surface area (Å²) in [5.74, 6) is -0.412. The fourth-order valence-electron chi connectivity index (χ4n) is 2.06. The number of benzene rings is 2. The molecule has 104 valence electrons. The van der Waals surface area contributed by atoms with Gasteiger partial charge in [0.05, 0.1) is 17.4 Å². The van der Waals surface area contributed by atoms with Crippen molar-refractivity contribution in [1.82, 2.24) is 9.78 Å². The van der Waals surface area contributed by atoms with Gasteiger partial charge in [-0.2, -0.15) is 5.10 Å². The molecule has 0 saturated carbocycles. The smallest absolute Gasteiger partial charge is 0.198 e. The van der Waals surface area contributed by atoms with Gasteiger partial charge >= 0.3 is 0 Å². The molecule has 0 aliphatic rings. The highest BCUT2D eigenvalue weighted by Gasteiger charge is 2.17. The summed E-state index contributed by atoms with van der Waals surface area (Å²) in [6.07, 6.45) is 1.42. The summed E-state index contributed by atoms with van der Waals surface area (Å²) in [4.78, 5) is 12.4. The highest BCUT2D eigenvalue weighted by Crippen LogP contribution is 2.20. The molecule has 0 fully saturated rings. The van der Waals surface area contributed by atoms with E-state index in [4.69, 9.17) is 5.73 Å². The second-order valence-electron chi connectivity index (χ2n) is 4.53. The van der Waals surface area contributed by atoms with Crippen LogP contribution in [0.5, 0.6) is 0 Å².